The smallest absolute Gasteiger partial charge is 0.320 e. The minimum atomic E-state index is -1.25. The highest BCUT2D eigenvalue weighted by Crippen LogP contribution is 2.22. The summed E-state index contributed by atoms with van der Waals surface area (Å²) in [6.07, 6.45) is 2.33. The Morgan fingerprint density at radius 2 is 1.41 bits per heavy atom. The van der Waals surface area contributed by atoms with E-state index in [2.05, 4.69) is 26.4 Å². The van der Waals surface area contributed by atoms with Gasteiger partial charge in [0.05, 0.1) is 0 Å². The zero-order valence-electron chi connectivity index (χ0n) is 18.4. The Hall–Kier alpha value is -3.62. The quantitative estimate of drug-likeness (QED) is 0.364. The Morgan fingerprint density at radius 1 is 0.824 bits per heavy atom. The number of nitrogens with one attached hydrogen (secondary N) is 4. The van der Waals surface area contributed by atoms with Gasteiger partial charge in [-0.2, -0.15) is 0 Å². The summed E-state index contributed by atoms with van der Waals surface area (Å²) >= 11 is 5.87. The lowest BCUT2D eigenvalue weighted by molar-refractivity contribution is -0.118. The van der Waals surface area contributed by atoms with E-state index in [0.29, 0.717) is 16.4 Å². The number of urea groups is 1. The molecule has 176 valence electrons. The lowest BCUT2D eigenvalue weighted by Crippen LogP contribution is -2.39. The van der Waals surface area contributed by atoms with Crippen molar-refractivity contribution in [2.24, 2.45) is 0 Å². The van der Waals surface area contributed by atoms with Crippen molar-refractivity contribution in [3.05, 3.63) is 89.2 Å². The number of rotatable bonds is 7. The Morgan fingerprint density at radius 3 is 2.09 bits per heavy atom. The molecule has 1 heterocycles. The number of benzene rings is 3. The summed E-state index contributed by atoms with van der Waals surface area (Å²) < 4.78 is 14.5. The first kappa shape index (κ1) is 23.5. The molecule has 0 spiro atoms. The molecule has 1 aliphatic rings. The lowest BCUT2D eigenvalue weighted by Gasteiger charge is -2.20. The fourth-order valence-electron chi connectivity index (χ4n) is 3.68. The second kappa shape index (κ2) is 11.0. The largest absolute Gasteiger partial charge is 0.324 e. The van der Waals surface area contributed by atoms with Crippen LogP contribution in [0.5, 0.6) is 0 Å². The maximum Gasteiger partial charge on any atom is 0.320 e. The van der Waals surface area contributed by atoms with E-state index in [1.165, 1.54) is 18.2 Å². The van der Waals surface area contributed by atoms with E-state index in [9.17, 15) is 14.0 Å². The van der Waals surface area contributed by atoms with Gasteiger partial charge in [-0.3, -0.25) is 4.79 Å². The molecule has 0 aromatic heterocycles. The van der Waals surface area contributed by atoms with E-state index < -0.39 is 23.8 Å². The predicted molar refractivity (Wildman–Crippen MR) is 132 cm³/mol. The van der Waals surface area contributed by atoms with Crippen molar-refractivity contribution in [2.45, 2.75) is 18.9 Å². The van der Waals surface area contributed by atoms with E-state index in [4.69, 9.17) is 11.6 Å². The number of carbonyl (C=O) groups is 2. The van der Waals surface area contributed by atoms with Crippen LogP contribution in [-0.4, -0.2) is 30.0 Å². The summed E-state index contributed by atoms with van der Waals surface area (Å²) in [5, 5.41) is 10.6. The van der Waals surface area contributed by atoms with Crippen LogP contribution >= 0.6 is 11.6 Å². The van der Waals surface area contributed by atoms with Crippen LogP contribution in [0.1, 0.15) is 24.4 Å². The van der Waals surface area contributed by atoms with Gasteiger partial charge in [-0.25, -0.2) is 14.2 Å². The number of halogens is 2. The normalized spacial score (nSPS) is 14.3. The number of anilines is 3. The molecule has 3 amide bonds. The van der Waals surface area contributed by atoms with Crippen LogP contribution in [0.25, 0.3) is 0 Å². The molecule has 1 aliphatic heterocycles. The van der Waals surface area contributed by atoms with E-state index in [1.54, 1.807) is 42.5 Å². The molecule has 0 aliphatic carbocycles. The van der Waals surface area contributed by atoms with Crippen molar-refractivity contribution in [1.82, 2.24) is 10.3 Å². The number of hydrazine groups is 1. The summed E-state index contributed by atoms with van der Waals surface area (Å²) in [5.41, 5.74) is 5.30. The monoisotopic (exact) mass is 481 g/mol. The number of hydrogen-bond acceptors (Lipinski definition) is 4. The first-order chi connectivity index (χ1) is 16.5. The molecule has 7 nitrogen and oxygen atoms in total. The first-order valence-corrected chi connectivity index (χ1v) is 11.4. The molecular formula is C25H25ClFN5O2. The zero-order chi connectivity index (χ0) is 23.9. The van der Waals surface area contributed by atoms with Gasteiger partial charge < -0.3 is 21.4 Å². The average molecular weight is 482 g/mol. The second-order valence-corrected chi connectivity index (χ2v) is 8.37. The molecule has 1 fully saturated rings. The van der Waals surface area contributed by atoms with Crippen LogP contribution in [-0.2, 0) is 4.79 Å². The lowest BCUT2D eigenvalue weighted by atomic mass is 10.1. The Bertz CT molecular complexity index is 1130. The third kappa shape index (κ3) is 6.24. The van der Waals surface area contributed by atoms with Gasteiger partial charge in [0.25, 0.3) is 5.91 Å². The fraction of sp³-hybridized carbons (Fsp3) is 0.200. The van der Waals surface area contributed by atoms with E-state index >= 15 is 0 Å². The van der Waals surface area contributed by atoms with Gasteiger partial charge in [0, 0.05) is 40.7 Å². The van der Waals surface area contributed by atoms with Crippen LogP contribution in [0.3, 0.4) is 0 Å². The number of hydrogen-bond donors (Lipinski definition) is 4. The maximum atomic E-state index is 14.5. The van der Waals surface area contributed by atoms with Gasteiger partial charge in [0.2, 0.25) is 0 Å². The third-order valence-corrected chi connectivity index (χ3v) is 5.65. The molecular weight excluding hydrogens is 457 g/mol. The summed E-state index contributed by atoms with van der Waals surface area (Å²) in [6.45, 7) is 1.99. The minimum absolute atomic E-state index is 0.0542. The van der Waals surface area contributed by atoms with Crippen LogP contribution in [0, 0.1) is 5.82 Å². The molecule has 0 radical (unpaired) electrons. The second-order valence-electron chi connectivity index (χ2n) is 7.93. The summed E-state index contributed by atoms with van der Waals surface area (Å²) in [7, 11) is 0. The van der Waals surface area contributed by atoms with Crippen molar-refractivity contribution < 1.29 is 14.0 Å². The van der Waals surface area contributed by atoms with Gasteiger partial charge in [-0.05, 0) is 67.4 Å². The molecule has 4 rings (SSSR count). The van der Waals surface area contributed by atoms with Crippen molar-refractivity contribution in [2.75, 3.05) is 29.1 Å². The SMILES string of the molecule is O=C(Nc1ccc(Cl)cc1)NC(C(=O)Nc1ccc(NN2CCCC2)cc1)c1ccccc1F. The molecule has 0 saturated carbocycles. The number of amides is 3. The van der Waals surface area contributed by atoms with Crippen molar-refractivity contribution in [1.29, 1.82) is 0 Å². The molecule has 0 bridgehead atoms. The fourth-order valence-corrected chi connectivity index (χ4v) is 3.81. The topological polar surface area (TPSA) is 85.5 Å². The molecule has 1 unspecified atom stereocenters. The van der Waals surface area contributed by atoms with Gasteiger partial charge >= 0.3 is 6.03 Å². The molecule has 9 heteroatoms. The van der Waals surface area contributed by atoms with Gasteiger partial charge in [-0.1, -0.05) is 29.8 Å². The molecule has 3 aromatic carbocycles. The van der Waals surface area contributed by atoms with Crippen LogP contribution in [0.15, 0.2) is 72.8 Å². The zero-order valence-corrected chi connectivity index (χ0v) is 19.1. The molecule has 34 heavy (non-hydrogen) atoms. The summed E-state index contributed by atoms with van der Waals surface area (Å²) in [4.78, 5) is 25.7. The van der Waals surface area contributed by atoms with Crippen LogP contribution in [0.2, 0.25) is 5.02 Å². The Balaban J connectivity index is 1.45. The van der Waals surface area contributed by atoms with Crippen molar-refractivity contribution >= 4 is 40.6 Å². The van der Waals surface area contributed by atoms with Crippen LogP contribution in [0.4, 0.5) is 26.2 Å². The standard InChI is InChI=1S/C25H25ClFN5O2/c26-17-7-9-19(10-8-17)29-25(34)30-23(21-5-1-2-6-22(21)27)24(33)28-18-11-13-20(14-12-18)31-32-15-3-4-16-32/h1-2,5-14,23,31H,3-4,15-16H2,(H,28,33)(H2,29,30,34). The molecule has 4 N–H and O–H groups in total. The highest BCUT2D eigenvalue weighted by molar-refractivity contribution is 6.30. The van der Waals surface area contributed by atoms with Gasteiger partial charge in [-0.15, -0.1) is 0 Å². The Labute approximate surface area is 202 Å². The highest BCUT2D eigenvalue weighted by Gasteiger charge is 2.26. The van der Waals surface area contributed by atoms with Crippen LogP contribution < -0.4 is 21.4 Å². The van der Waals surface area contributed by atoms with E-state index in [1.807, 2.05) is 12.1 Å². The summed E-state index contributed by atoms with van der Waals surface area (Å²) in [6, 6.07) is 17.6. The van der Waals surface area contributed by atoms with Gasteiger partial charge in [0.15, 0.2) is 0 Å². The summed E-state index contributed by atoms with van der Waals surface area (Å²) in [5.74, 6) is -1.17. The predicted octanol–water partition coefficient (Wildman–Crippen LogP) is 5.40. The number of nitrogens with zero attached hydrogens (tertiary/aromatic N) is 1. The van der Waals surface area contributed by atoms with Crippen molar-refractivity contribution in [3.63, 3.8) is 0 Å². The molecule has 1 atom stereocenters. The van der Waals surface area contributed by atoms with E-state index in [0.717, 1.165) is 31.6 Å². The molecule has 3 aromatic rings. The van der Waals surface area contributed by atoms with E-state index in [-0.39, 0.29) is 5.56 Å². The van der Waals surface area contributed by atoms with Crippen molar-refractivity contribution in [3.8, 4) is 0 Å². The molecule has 1 saturated heterocycles. The maximum absolute atomic E-state index is 14.5. The highest BCUT2D eigenvalue weighted by atomic mass is 35.5. The minimum Gasteiger partial charge on any atom is -0.324 e. The third-order valence-electron chi connectivity index (χ3n) is 5.40. The average Bonchev–Trinajstić information content (AvgIpc) is 3.34. The number of carbonyl (C=O) groups excluding carboxylic acids is 2. The van der Waals surface area contributed by atoms with Gasteiger partial charge in [0.1, 0.15) is 11.9 Å². The Kier molecular flexibility index (Phi) is 7.61. The first-order valence-electron chi connectivity index (χ1n) is 11.0.